The van der Waals surface area contributed by atoms with Crippen molar-refractivity contribution >= 4 is 11.6 Å². The van der Waals surface area contributed by atoms with Crippen LogP contribution in [0.15, 0.2) is 24.3 Å². The van der Waals surface area contributed by atoms with Gasteiger partial charge in [0.05, 0.1) is 12.3 Å². The van der Waals surface area contributed by atoms with Gasteiger partial charge in [-0.05, 0) is 25.5 Å². The van der Waals surface area contributed by atoms with E-state index in [1.165, 1.54) is 6.07 Å². The third kappa shape index (κ3) is 5.35. The lowest BCUT2D eigenvalue weighted by Crippen LogP contribution is -2.37. The molecule has 1 saturated heterocycles. The molecule has 1 aromatic carbocycles. The van der Waals surface area contributed by atoms with E-state index in [1.54, 1.807) is 18.2 Å². The van der Waals surface area contributed by atoms with Crippen LogP contribution in [0.1, 0.15) is 19.8 Å². The second kappa shape index (κ2) is 8.67. The third-order valence-electron chi connectivity index (χ3n) is 3.65. The summed E-state index contributed by atoms with van der Waals surface area (Å²) in [5.41, 5.74) is 0.624. The lowest BCUT2D eigenvalue weighted by Gasteiger charge is -2.22. The fourth-order valence-electron chi connectivity index (χ4n) is 2.62. The minimum absolute atomic E-state index is 0.00346. The quantitative estimate of drug-likeness (QED) is 0.745. The van der Waals surface area contributed by atoms with Crippen LogP contribution in [0.5, 0.6) is 5.75 Å². The van der Waals surface area contributed by atoms with E-state index in [9.17, 15) is 13.6 Å². The fourth-order valence-corrected chi connectivity index (χ4v) is 2.62. The summed E-state index contributed by atoms with van der Waals surface area (Å²) in [6.07, 6.45) is 1.10. The molecule has 1 aliphatic rings. The number of para-hydroxylation sites is 2. The zero-order valence-corrected chi connectivity index (χ0v) is 13.1. The first kappa shape index (κ1) is 17.5. The van der Waals surface area contributed by atoms with Gasteiger partial charge < -0.3 is 19.7 Å². The summed E-state index contributed by atoms with van der Waals surface area (Å²) in [5.74, 6) is 0.105. The van der Waals surface area contributed by atoms with Crippen molar-refractivity contribution in [2.75, 3.05) is 31.2 Å². The Balaban J connectivity index is 1.89. The maximum absolute atomic E-state index is 12.5. The number of ether oxygens (including phenoxy) is 2. The second-order valence-electron chi connectivity index (χ2n) is 5.29. The topological polar surface area (TPSA) is 50.8 Å². The molecule has 1 heterocycles. The molecule has 0 aromatic heterocycles. The van der Waals surface area contributed by atoms with Crippen molar-refractivity contribution in [3.8, 4) is 5.75 Å². The highest BCUT2D eigenvalue weighted by atomic mass is 19.3. The molecule has 0 spiro atoms. The predicted molar refractivity (Wildman–Crippen MR) is 82.9 cm³/mol. The van der Waals surface area contributed by atoms with Crippen LogP contribution < -0.4 is 15.0 Å². The molecule has 23 heavy (non-hydrogen) atoms. The number of nitrogens with zero attached hydrogens (tertiary/aromatic N) is 1. The molecule has 2 rings (SSSR count). The van der Waals surface area contributed by atoms with Gasteiger partial charge in [-0.15, -0.1) is 0 Å². The largest absolute Gasteiger partial charge is 0.433 e. The molecular weight excluding hydrogens is 306 g/mol. The molecule has 1 atom stereocenters. The molecule has 1 N–H and O–H groups in total. The molecule has 0 saturated carbocycles. The predicted octanol–water partition coefficient (Wildman–Crippen LogP) is 2.41. The number of alkyl halides is 2. The lowest BCUT2D eigenvalue weighted by molar-refractivity contribution is -0.122. The maximum atomic E-state index is 12.5. The standard InChI is InChI=1S/C16H22F2N2O3/c1-2-22-10-8-15(21)19-12-7-9-20(11-12)13-5-3-4-6-14(13)23-16(17)18/h3-6,12,16H,2,7-11H2,1H3,(H,19,21)/t12-/m1/s1. The Morgan fingerprint density at radius 2 is 2.22 bits per heavy atom. The first-order valence-corrected chi connectivity index (χ1v) is 7.76. The van der Waals surface area contributed by atoms with Gasteiger partial charge in [0, 0.05) is 32.2 Å². The Morgan fingerprint density at radius 3 is 2.96 bits per heavy atom. The van der Waals surface area contributed by atoms with Crippen LogP contribution in [0.4, 0.5) is 14.5 Å². The van der Waals surface area contributed by atoms with Gasteiger partial charge in [0.1, 0.15) is 5.75 Å². The molecule has 1 fully saturated rings. The van der Waals surface area contributed by atoms with Crippen molar-refractivity contribution < 1.29 is 23.0 Å². The van der Waals surface area contributed by atoms with Crippen molar-refractivity contribution in [3.05, 3.63) is 24.3 Å². The monoisotopic (exact) mass is 328 g/mol. The van der Waals surface area contributed by atoms with Gasteiger partial charge in [-0.1, -0.05) is 12.1 Å². The molecule has 5 nitrogen and oxygen atoms in total. The first-order chi connectivity index (χ1) is 11.1. The summed E-state index contributed by atoms with van der Waals surface area (Å²) in [6.45, 7) is 1.28. The van der Waals surface area contributed by atoms with E-state index in [0.717, 1.165) is 6.42 Å². The highest BCUT2D eigenvalue weighted by molar-refractivity contribution is 5.76. The van der Waals surface area contributed by atoms with Gasteiger partial charge in [-0.2, -0.15) is 8.78 Å². The van der Waals surface area contributed by atoms with Crippen LogP contribution in [-0.2, 0) is 9.53 Å². The molecule has 0 bridgehead atoms. The van der Waals surface area contributed by atoms with Crippen molar-refractivity contribution in [2.24, 2.45) is 0 Å². The Hall–Kier alpha value is -1.89. The van der Waals surface area contributed by atoms with Crippen LogP contribution in [-0.4, -0.2) is 44.9 Å². The van der Waals surface area contributed by atoms with E-state index in [1.807, 2.05) is 11.8 Å². The van der Waals surface area contributed by atoms with Crippen LogP contribution in [0, 0.1) is 0 Å². The Morgan fingerprint density at radius 1 is 1.43 bits per heavy atom. The highest BCUT2D eigenvalue weighted by Crippen LogP contribution is 2.31. The molecule has 0 radical (unpaired) electrons. The summed E-state index contributed by atoms with van der Waals surface area (Å²) in [7, 11) is 0. The summed E-state index contributed by atoms with van der Waals surface area (Å²) >= 11 is 0. The SMILES string of the molecule is CCOCCC(=O)N[C@@H]1CCN(c2ccccc2OC(F)F)C1. The van der Waals surface area contributed by atoms with Crippen molar-refractivity contribution in [1.82, 2.24) is 5.32 Å². The van der Waals surface area contributed by atoms with Gasteiger partial charge in [0.15, 0.2) is 0 Å². The van der Waals surface area contributed by atoms with Gasteiger partial charge in [0.25, 0.3) is 0 Å². The summed E-state index contributed by atoms with van der Waals surface area (Å²) in [5, 5.41) is 2.95. The van der Waals surface area contributed by atoms with Crippen molar-refractivity contribution in [2.45, 2.75) is 32.4 Å². The van der Waals surface area contributed by atoms with E-state index in [2.05, 4.69) is 10.1 Å². The lowest BCUT2D eigenvalue weighted by atomic mass is 10.2. The van der Waals surface area contributed by atoms with E-state index in [0.29, 0.717) is 38.4 Å². The number of carbonyl (C=O) groups is 1. The molecule has 7 heteroatoms. The van der Waals surface area contributed by atoms with Gasteiger partial charge >= 0.3 is 6.61 Å². The molecule has 0 unspecified atom stereocenters. The van der Waals surface area contributed by atoms with E-state index < -0.39 is 6.61 Å². The number of amides is 1. The minimum atomic E-state index is -2.85. The number of hydrogen-bond acceptors (Lipinski definition) is 4. The number of rotatable bonds is 8. The zero-order chi connectivity index (χ0) is 16.7. The van der Waals surface area contributed by atoms with E-state index >= 15 is 0 Å². The van der Waals surface area contributed by atoms with Gasteiger partial charge in [-0.3, -0.25) is 4.79 Å². The fraction of sp³-hybridized carbons (Fsp3) is 0.562. The van der Waals surface area contributed by atoms with Crippen molar-refractivity contribution in [3.63, 3.8) is 0 Å². The summed E-state index contributed by atoms with van der Waals surface area (Å²) in [4.78, 5) is 13.7. The minimum Gasteiger partial charge on any atom is -0.433 e. The van der Waals surface area contributed by atoms with E-state index in [4.69, 9.17) is 4.74 Å². The van der Waals surface area contributed by atoms with Gasteiger partial charge in [-0.25, -0.2) is 0 Å². The molecule has 128 valence electrons. The number of nitrogens with one attached hydrogen (secondary N) is 1. The Kier molecular flexibility index (Phi) is 6.58. The van der Waals surface area contributed by atoms with Crippen LogP contribution in [0.3, 0.4) is 0 Å². The smallest absolute Gasteiger partial charge is 0.387 e. The normalized spacial score (nSPS) is 17.6. The molecular formula is C16H22F2N2O3. The zero-order valence-electron chi connectivity index (χ0n) is 13.1. The number of benzene rings is 1. The van der Waals surface area contributed by atoms with Crippen LogP contribution in [0.25, 0.3) is 0 Å². The third-order valence-corrected chi connectivity index (χ3v) is 3.65. The maximum Gasteiger partial charge on any atom is 0.387 e. The molecule has 1 aromatic rings. The summed E-state index contributed by atoms with van der Waals surface area (Å²) in [6, 6.07) is 6.71. The molecule has 1 amide bonds. The number of halogens is 2. The van der Waals surface area contributed by atoms with Crippen LogP contribution in [0.2, 0.25) is 0 Å². The molecule has 0 aliphatic carbocycles. The van der Waals surface area contributed by atoms with Gasteiger partial charge in [0.2, 0.25) is 5.91 Å². The Bertz CT molecular complexity index is 514. The van der Waals surface area contributed by atoms with Crippen molar-refractivity contribution in [1.29, 1.82) is 0 Å². The average molecular weight is 328 g/mol. The highest BCUT2D eigenvalue weighted by Gasteiger charge is 2.26. The Labute approximate surface area is 134 Å². The second-order valence-corrected chi connectivity index (χ2v) is 5.29. The van der Waals surface area contributed by atoms with E-state index in [-0.39, 0.29) is 17.7 Å². The number of anilines is 1. The first-order valence-electron chi connectivity index (χ1n) is 7.76. The molecule has 1 aliphatic heterocycles. The average Bonchev–Trinajstić information content (AvgIpc) is 2.95. The van der Waals surface area contributed by atoms with Crippen LogP contribution >= 0.6 is 0 Å². The summed E-state index contributed by atoms with van der Waals surface area (Å²) < 4.78 is 34.7. The number of carbonyl (C=O) groups excluding carboxylic acids is 1. The number of hydrogen-bond donors (Lipinski definition) is 1.